The maximum absolute atomic E-state index is 11.5. The fourth-order valence-electron chi connectivity index (χ4n) is 1.98. The van der Waals surface area contributed by atoms with E-state index >= 15 is 0 Å². The first-order chi connectivity index (χ1) is 7.56. The molecule has 1 N–H and O–H groups in total. The largest absolute Gasteiger partial charge is 0.494 e. The first-order valence-corrected chi connectivity index (χ1v) is 5.87. The average molecular weight is 282 g/mol. The van der Waals surface area contributed by atoms with Crippen molar-refractivity contribution >= 4 is 32.6 Å². The molecule has 84 valence electrons. The maximum Gasteiger partial charge on any atom is 0.203 e. The number of nitrogens with zero attached hydrogens (tertiary/aromatic N) is 1. The van der Waals surface area contributed by atoms with Crippen LogP contribution in [0.25, 0.3) is 10.9 Å². The van der Waals surface area contributed by atoms with Gasteiger partial charge in [0.15, 0.2) is 5.78 Å². The third kappa shape index (κ3) is 1.53. The summed E-state index contributed by atoms with van der Waals surface area (Å²) < 4.78 is 2.63. The molecule has 0 fully saturated rings. The normalized spacial score (nSPS) is 10.9. The minimum atomic E-state index is -0.118. The van der Waals surface area contributed by atoms with Crippen LogP contribution < -0.4 is 0 Å². The highest BCUT2D eigenvalue weighted by molar-refractivity contribution is 9.10. The lowest BCUT2D eigenvalue weighted by Crippen LogP contribution is -1.94. The molecular weight excluding hydrogens is 270 g/mol. The van der Waals surface area contributed by atoms with Gasteiger partial charge in [-0.25, -0.2) is 0 Å². The Morgan fingerprint density at radius 3 is 2.75 bits per heavy atom. The second kappa shape index (κ2) is 3.94. The number of aromatic nitrogens is 1. The molecule has 0 aliphatic carbocycles. The molecule has 0 bridgehead atoms. The van der Waals surface area contributed by atoms with Crippen LogP contribution in [0.4, 0.5) is 0 Å². The molecule has 0 saturated carbocycles. The molecule has 0 aliphatic heterocycles. The second-order valence-electron chi connectivity index (χ2n) is 3.66. The summed E-state index contributed by atoms with van der Waals surface area (Å²) in [6, 6.07) is 5.66. The lowest BCUT2D eigenvalue weighted by atomic mass is 10.1. The summed E-state index contributed by atoms with van der Waals surface area (Å²) >= 11 is 3.37. The molecule has 0 aliphatic rings. The Kier molecular flexibility index (Phi) is 2.76. The van der Waals surface area contributed by atoms with Crippen molar-refractivity contribution in [3.63, 3.8) is 0 Å². The van der Waals surface area contributed by atoms with Gasteiger partial charge in [-0.1, -0.05) is 15.9 Å². The Labute approximate surface area is 102 Å². The van der Waals surface area contributed by atoms with Crippen LogP contribution in [-0.4, -0.2) is 15.5 Å². The Balaban J connectivity index is 2.92. The van der Waals surface area contributed by atoms with Crippen LogP contribution in [0.2, 0.25) is 0 Å². The molecule has 0 radical (unpaired) electrons. The van der Waals surface area contributed by atoms with E-state index in [0.717, 1.165) is 15.4 Å². The van der Waals surface area contributed by atoms with Gasteiger partial charge < -0.3 is 9.67 Å². The Hall–Kier alpha value is -1.29. The first-order valence-electron chi connectivity index (χ1n) is 5.08. The third-order valence-electron chi connectivity index (χ3n) is 2.67. The number of ketones is 1. The number of hydrogen-bond acceptors (Lipinski definition) is 2. The van der Waals surface area contributed by atoms with Crippen LogP contribution in [0.1, 0.15) is 24.2 Å². The smallest absolute Gasteiger partial charge is 0.203 e. The lowest BCUT2D eigenvalue weighted by molar-refractivity contribution is 0.101. The molecule has 0 spiro atoms. The zero-order valence-electron chi connectivity index (χ0n) is 9.12. The number of carbonyl (C=O) groups is 1. The predicted molar refractivity (Wildman–Crippen MR) is 67.0 cm³/mol. The summed E-state index contributed by atoms with van der Waals surface area (Å²) in [5.74, 6) is -0.0594. The standard InChI is InChI=1S/C12H12BrNO2/c1-3-14-10-5-4-8(13)6-9(10)11(7(2)15)12(14)16/h4-6,16H,3H2,1-2H3. The first kappa shape index (κ1) is 11.2. The van der Waals surface area contributed by atoms with Gasteiger partial charge in [-0.15, -0.1) is 0 Å². The van der Waals surface area contributed by atoms with Crippen LogP contribution in [0.5, 0.6) is 5.88 Å². The van der Waals surface area contributed by atoms with Crippen molar-refractivity contribution in [2.45, 2.75) is 20.4 Å². The van der Waals surface area contributed by atoms with Gasteiger partial charge in [-0.2, -0.15) is 0 Å². The molecule has 3 nitrogen and oxygen atoms in total. The highest BCUT2D eigenvalue weighted by Gasteiger charge is 2.18. The summed E-state index contributed by atoms with van der Waals surface area (Å²) in [5, 5.41) is 10.8. The summed E-state index contributed by atoms with van der Waals surface area (Å²) in [6.07, 6.45) is 0. The number of hydrogen-bond donors (Lipinski definition) is 1. The molecule has 0 saturated heterocycles. The molecule has 0 unspecified atom stereocenters. The highest BCUT2D eigenvalue weighted by atomic mass is 79.9. The summed E-state index contributed by atoms with van der Waals surface area (Å²) in [7, 11) is 0. The average Bonchev–Trinajstić information content (AvgIpc) is 2.48. The maximum atomic E-state index is 11.5. The van der Waals surface area contributed by atoms with Crippen molar-refractivity contribution in [2.24, 2.45) is 0 Å². The molecular formula is C12H12BrNO2. The van der Waals surface area contributed by atoms with Crippen molar-refractivity contribution < 1.29 is 9.90 Å². The number of benzene rings is 1. The van der Waals surface area contributed by atoms with E-state index < -0.39 is 0 Å². The van der Waals surface area contributed by atoms with E-state index in [0.29, 0.717) is 12.1 Å². The Bertz CT molecular complexity index is 572. The van der Waals surface area contributed by atoms with Crippen LogP contribution in [0, 0.1) is 0 Å². The molecule has 1 heterocycles. The van der Waals surface area contributed by atoms with E-state index in [1.807, 2.05) is 25.1 Å². The molecule has 2 aromatic rings. The molecule has 2 rings (SSSR count). The van der Waals surface area contributed by atoms with Crippen molar-refractivity contribution in [1.29, 1.82) is 0 Å². The van der Waals surface area contributed by atoms with E-state index in [4.69, 9.17) is 0 Å². The van der Waals surface area contributed by atoms with E-state index in [9.17, 15) is 9.90 Å². The minimum Gasteiger partial charge on any atom is -0.494 e. The summed E-state index contributed by atoms with van der Waals surface area (Å²) in [4.78, 5) is 11.5. The molecule has 16 heavy (non-hydrogen) atoms. The van der Waals surface area contributed by atoms with Crippen LogP contribution in [-0.2, 0) is 6.54 Å². The molecule has 0 amide bonds. The zero-order chi connectivity index (χ0) is 11.9. The highest BCUT2D eigenvalue weighted by Crippen LogP contribution is 2.33. The fraction of sp³-hybridized carbons (Fsp3) is 0.250. The van der Waals surface area contributed by atoms with Gasteiger partial charge in [0.05, 0.1) is 11.1 Å². The van der Waals surface area contributed by atoms with Crippen LogP contribution in [0.15, 0.2) is 22.7 Å². The number of halogens is 1. The van der Waals surface area contributed by atoms with Crippen molar-refractivity contribution in [3.8, 4) is 5.88 Å². The van der Waals surface area contributed by atoms with Crippen molar-refractivity contribution in [3.05, 3.63) is 28.2 Å². The predicted octanol–water partition coefficient (Wildman–Crippen LogP) is 3.33. The Morgan fingerprint density at radius 2 is 2.19 bits per heavy atom. The number of rotatable bonds is 2. The number of aromatic hydroxyl groups is 1. The van der Waals surface area contributed by atoms with Gasteiger partial charge in [0.2, 0.25) is 5.88 Å². The SMILES string of the molecule is CCn1c(O)c(C(C)=O)c2cc(Br)ccc21. The van der Waals surface area contributed by atoms with Crippen LogP contribution in [0.3, 0.4) is 0 Å². The summed E-state index contributed by atoms with van der Waals surface area (Å²) in [5.41, 5.74) is 1.28. The lowest BCUT2D eigenvalue weighted by Gasteiger charge is -2.01. The molecule has 4 heteroatoms. The quantitative estimate of drug-likeness (QED) is 0.858. The third-order valence-corrected chi connectivity index (χ3v) is 3.16. The van der Waals surface area contributed by atoms with E-state index in [1.165, 1.54) is 6.92 Å². The van der Waals surface area contributed by atoms with Crippen LogP contribution >= 0.6 is 15.9 Å². The summed E-state index contributed by atoms with van der Waals surface area (Å²) in [6.45, 7) is 4.04. The number of fused-ring (bicyclic) bond motifs is 1. The monoisotopic (exact) mass is 281 g/mol. The minimum absolute atomic E-state index is 0.0584. The van der Waals surface area contributed by atoms with Gasteiger partial charge in [-0.05, 0) is 32.0 Å². The van der Waals surface area contributed by atoms with Crippen molar-refractivity contribution in [2.75, 3.05) is 0 Å². The Morgan fingerprint density at radius 1 is 1.50 bits per heavy atom. The molecule has 0 atom stereocenters. The van der Waals surface area contributed by atoms with Gasteiger partial charge in [-0.3, -0.25) is 4.79 Å². The topological polar surface area (TPSA) is 42.2 Å². The van der Waals surface area contributed by atoms with Gasteiger partial charge in [0.25, 0.3) is 0 Å². The van der Waals surface area contributed by atoms with E-state index in [2.05, 4.69) is 15.9 Å². The number of aryl methyl sites for hydroxylation is 1. The zero-order valence-corrected chi connectivity index (χ0v) is 10.7. The van der Waals surface area contributed by atoms with Crippen molar-refractivity contribution in [1.82, 2.24) is 4.57 Å². The van der Waals surface area contributed by atoms with Gasteiger partial charge in [0.1, 0.15) is 0 Å². The van der Waals surface area contributed by atoms with Gasteiger partial charge in [0, 0.05) is 16.4 Å². The van der Waals surface area contributed by atoms with E-state index in [1.54, 1.807) is 4.57 Å². The number of Topliss-reactive ketones (excluding diaryl/α,β-unsaturated/α-hetero) is 1. The van der Waals surface area contributed by atoms with Gasteiger partial charge >= 0.3 is 0 Å². The number of carbonyl (C=O) groups excluding carboxylic acids is 1. The molecule has 1 aromatic carbocycles. The fourth-order valence-corrected chi connectivity index (χ4v) is 2.34. The second-order valence-corrected chi connectivity index (χ2v) is 4.58. The molecule has 1 aromatic heterocycles. The van der Waals surface area contributed by atoms with E-state index in [-0.39, 0.29) is 11.7 Å².